The quantitative estimate of drug-likeness (QED) is 0.569. The van der Waals surface area contributed by atoms with Crippen LogP contribution in [0.2, 0.25) is 0 Å². The van der Waals surface area contributed by atoms with E-state index < -0.39 is 12.1 Å². The first-order valence-electron chi connectivity index (χ1n) is 8.52. The van der Waals surface area contributed by atoms with Crippen molar-refractivity contribution >= 4 is 35.0 Å². The predicted molar refractivity (Wildman–Crippen MR) is 105 cm³/mol. The van der Waals surface area contributed by atoms with E-state index in [0.29, 0.717) is 22.9 Å². The molecule has 2 aliphatic rings. The van der Waals surface area contributed by atoms with Crippen LogP contribution in [-0.2, 0) is 9.59 Å². The van der Waals surface area contributed by atoms with Gasteiger partial charge in [-0.3, -0.25) is 9.59 Å². The van der Waals surface area contributed by atoms with E-state index in [1.54, 1.807) is 36.0 Å². The fourth-order valence-corrected chi connectivity index (χ4v) is 3.76. The standard InChI is InChI=1S/C19H18N4O4S/c1-26-13-7-12(8-14(10-13)27-2)23-17-16(20-21-23)18(24)22(19(17)25)11-5-4-6-15(9-11)28-3/h4-10,16-17H,1-3H3. The maximum atomic E-state index is 13.2. The molecule has 9 heteroatoms. The van der Waals surface area contributed by atoms with Gasteiger partial charge in [0.15, 0.2) is 12.1 Å². The normalized spacial score (nSPS) is 20.7. The van der Waals surface area contributed by atoms with E-state index in [-0.39, 0.29) is 11.8 Å². The molecule has 0 radical (unpaired) electrons. The second-order valence-corrected chi connectivity index (χ2v) is 7.10. The highest BCUT2D eigenvalue weighted by molar-refractivity contribution is 7.98. The molecule has 1 fully saturated rings. The molecule has 0 aliphatic carbocycles. The molecule has 1 saturated heterocycles. The lowest BCUT2D eigenvalue weighted by atomic mass is 10.1. The number of hydrogen-bond acceptors (Lipinski definition) is 8. The molecule has 0 aromatic heterocycles. The fraction of sp³-hybridized carbons (Fsp3) is 0.263. The highest BCUT2D eigenvalue weighted by atomic mass is 32.2. The van der Waals surface area contributed by atoms with E-state index in [1.807, 2.05) is 24.5 Å². The van der Waals surface area contributed by atoms with Crippen LogP contribution in [-0.4, -0.2) is 44.4 Å². The lowest BCUT2D eigenvalue weighted by Crippen LogP contribution is -2.39. The Morgan fingerprint density at radius 1 is 0.964 bits per heavy atom. The molecular formula is C19H18N4O4S. The zero-order valence-electron chi connectivity index (χ0n) is 15.5. The molecule has 8 nitrogen and oxygen atoms in total. The van der Waals surface area contributed by atoms with Crippen molar-refractivity contribution in [2.24, 2.45) is 10.3 Å². The third-order valence-corrected chi connectivity index (χ3v) is 5.42. The maximum absolute atomic E-state index is 13.2. The number of ether oxygens (including phenoxy) is 2. The highest BCUT2D eigenvalue weighted by Gasteiger charge is 2.55. The molecule has 0 saturated carbocycles. The zero-order chi connectivity index (χ0) is 19.8. The summed E-state index contributed by atoms with van der Waals surface area (Å²) in [6.07, 6.45) is 1.94. The molecule has 144 valence electrons. The molecule has 0 spiro atoms. The minimum Gasteiger partial charge on any atom is -0.497 e. The average Bonchev–Trinajstić information content (AvgIpc) is 3.27. The number of thioether (sulfide) groups is 1. The number of carbonyl (C=O) groups excluding carboxylic acids is 2. The Bertz CT molecular complexity index is 958. The summed E-state index contributed by atoms with van der Waals surface area (Å²) >= 11 is 1.54. The van der Waals surface area contributed by atoms with Crippen LogP contribution < -0.4 is 19.4 Å². The molecule has 2 aliphatic heterocycles. The topological polar surface area (TPSA) is 83.8 Å². The van der Waals surface area contributed by atoms with Gasteiger partial charge in [0.2, 0.25) is 0 Å². The van der Waals surface area contributed by atoms with Gasteiger partial charge in [-0.25, -0.2) is 9.91 Å². The maximum Gasteiger partial charge on any atom is 0.263 e. The highest BCUT2D eigenvalue weighted by Crippen LogP contribution is 2.38. The minimum absolute atomic E-state index is 0.361. The van der Waals surface area contributed by atoms with Crippen molar-refractivity contribution in [3.8, 4) is 11.5 Å². The summed E-state index contributed by atoms with van der Waals surface area (Å²) in [7, 11) is 3.08. The van der Waals surface area contributed by atoms with E-state index in [0.717, 1.165) is 4.90 Å². The summed E-state index contributed by atoms with van der Waals surface area (Å²) in [5.41, 5.74) is 1.10. The van der Waals surface area contributed by atoms with E-state index in [1.165, 1.54) is 24.1 Å². The van der Waals surface area contributed by atoms with Crippen LogP contribution in [0.1, 0.15) is 0 Å². The molecule has 2 heterocycles. The zero-order valence-corrected chi connectivity index (χ0v) is 16.3. The van der Waals surface area contributed by atoms with Crippen molar-refractivity contribution < 1.29 is 19.1 Å². The second-order valence-electron chi connectivity index (χ2n) is 6.22. The lowest BCUT2D eigenvalue weighted by Gasteiger charge is -2.21. The van der Waals surface area contributed by atoms with Crippen molar-refractivity contribution in [1.82, 2.24) is 0 Å². The van der Waals surface area contributed by atoms with Gasteiger partial charge in [0, 0.05) is 23.1 Å². The number of anilines is 2. The van der Waals surface area contributed by atoms with Crippen molar-refractivity contribution in [1.29, 1.82) is 0 Å². The Morgan fingerprint density at radius 3 is 2.32 bits per heavy atom. The summed E-state index contributed by atoms with van der Waals surface area (Å²) < 4.78 is 10.6. The number of methoxy groups -OCH3 is 2. The monoisotopic (exact) mass is 398 g/mol. The summed E-state index contributed by atoms with van der Waals surface area (Å²) in [4.78, 5) is 28.2. The van der Waals surface area contributed by atoms with Crippen LogP contribution in [0.5, 0.6) is 11.5 Å². The Kier molecular flexibility index (Phi) is 4.68. The Balaban J connectivity index is 1.70. The minimum atomic E-state index is -0.873. The largest absolute Gasteiger partial charge is 0.497 e. The summed E-state index contributed by atoms with van der Waals surface area (Å²) in [6, 6.07) is 10.8. The number of hydrogen-bond donors (Lipinski definition) is 0. The number of amides is 2. The van der Waals surface area contributed by atoms with Gasteiger partial charge < -0.3 is 9.47 Å². The molecular weight excluding hydrogens is 380 g/mol. The predicted octanol–water partition coefficient (Wildman–Crippen LogP) is 2.92. The molecule has 2 aromatic carbocycles. The number of nitrogens with zero attached hydrogens (tertiary/aromatic N) is 4. The fourth-order valence-electron chi connectivity index (χ4n) is 3.30. The van der Waals surface area contributed by atoms with Gasteiger partial charge in [-0.1, -0.05) is 11.3 Å². The summed E-state index contributed by atoms with van der Waals surface area (Å²) in [6.45, 7) is 0. The molecule has 0 bridgehead atoms. The third-order valence-electron chi connectivity index (χ3n) is 4.69. The lowest BCUT2D eigenvalue weighted by molar-refractivity contribution is -0.121. The van der Waals surface area contributed by atoms with Crippen molar-refractivity contribution in [2.75, 3.05) is 30.4 Å². The first kappa shape index (κ1) is 18.3. The van der Waals surface area contributed by atoms with Crippen molar-refractivity contribution in [3.63, 3.8) is 0 Å². The van der Waals surface area contributed by atoms with E-state index in [2.05, 4.69) is 10.3 Å². The van der Waals surface area contributed by atoms with Gasteiger partial charge in [0.1, 0.15) is 11.5 Å². The van der Waals surface area contributed by atoms with E-state index in [4.69, 9.17) is 9.47 Å². The second kappa shape index (κ2) is 7.16. The van der Waals surface area contributed by atoms with Crippen LogP contribution in [0.3, 0.4) is 0 Å². The van der Waals surface area contributed by atoms with Gasteiger partial charge in [-0.05, 0) is 24.5 Å². The molecule has 2 unspecified atom stereocenters. The Labute approximate surface area is 166 Å². The first-order valence-corrected chi connectivity index (χ1v) is 9.75. The average molecular weight is 398 g/mol. The molecule has 2 atom stereocenters. The smallest absolute Gasteiger partial charge is 0.263 e. The Morgan fingerprint density at radius 2 is 1.68 bits per heavy atom. The molecule has 4 rings (SSSR count). The molecule has 2 aromatic rings. The van der Waals surface area contributed by atoms with Crippen LogP contribution in [0.25, 0.3) is 0 Å². The number of carbonyl (C=O) groups is 2. The van der Waals surface area contributed by atoms with Crippen LogP contribution in [0.15, 0.2) is 57.7 Å². The van der Waals surface area contributed by atoms with E-state index in [9.17, 15) is 9.59 Å². The van der Waals surface area contributed by atoms with Gasteiger partial charge in [-0.15, -0.1) is 11.8 Å². The van der Waals surface area contributed by atoms with Gasteiger partial charge >= 0.3 is 0 Å². The van der Waals surface area contributed by atoms with Crippen LogP contribution in [0.4, 0.5) is 11.4 Å². The number of benzene rings is 2. The van der Waals surface area contributed by atoms with Crippen LogP contribution >= 0.6 is 11.8 Å². The number of rotatable bonds is 5. The molecule has 2 amide bonds. The molecule has 0 N–H and O–H groups in total. The molecule has 28 heavy (non-hydrogen) atoms. The van der Waals surface area contributed by atoms with Gasteiger partial charge in [0.05, 0.1) is 25.6 Å². The van der Waals surface area contributed by atoms with Crippen LogP contribution in [0, 0.1) is 0 Å². The summed E-state index contributed by atoms with van der Waals surface area (Å²) in [5, 5.41) is 9.60. The van der Waals surface area contributed by atoms with Gasteiger partial charge in [0.25, 0.3) is 11.8 Å². The third kappa shape index (κ3) is 2.88. The number of fused-ring (bicyclic) bond motifs is 1. The van der Waals surface area contributed by atoms with Crippen molar-refractivity contribution in [3.05, 3.63) is 42.5 Å². The SMILES string of the molecule is COc1cc(OC)cc(N2N=NC3C(=O)N(c4cccc(SC)c4)C(=O)C32)c1. The first-order chi connectivity index (χ1) is 13.6. The number of imide groups is 1. The Hall–Kier alpha value is -3.07. The van der Waals surface area contributed by atoms with E-state index >= 15 is 0 Å². The summed E-state index contributed by atoms with van der Waals surface area (Å²) in [5.74, 6) is 0.359. The van der Waals surface area contributed by atoms with Gasteiger partial charge in [-0.2, -0.15) is 5.11 Å². The van der Waals surface area contributed by atoms with Crippen molar-refractivity contribution in [2.45, 2.75) is 17.0 Å².